The number of carboxylic acids is 1. The summed E-state index contributed by atoms with van der Waals surface area (Å²) in [4.78, 5) is 24.0. The summed E-state index contributed by atoms with van der Waals surface area (Å²) in [6, 6.07) is 21.7. The molecule has 32 heavy (non-hydrogen) atoms. The summed E-state index contributed by atoms with van der Waals surface area (Å²) in [7, 11) is 0. The number of hydrogen-bond acceptors (Lipinski definition) is 5. The van der Waals surface area contributed by atoms with Crippen molar-refractivity contribution in [1.82, 2.24) is 5.32 Å². The Kier molecular flexibility index (Phi) is 6.66. The van der Waals surface area contributed by atoms with E-state index in [-0.39, 0.29) is 24.0 Å². The van der Waals surface area contributed by atoms with Crippen LogP contribution in [-0.2, 0) is 15.3 Å². The molecule has 6 nitrogen and oxygen atoms in total. The number of benzene rings is 3. The first-order valence-corrected chi connectivity index (χ1v) is 11.4. The van der Waals surface area contributed by atoms with Gasteiger partial charge in [-0.15, -0.1) is 0 Å². The molecular weight excluding hydrogens is 426 g/mol. The molecule has 1 unspecified atom stereocenters. The summed E-state index contributed by atoms with van der Waals surface area (Å²) in [5.74, 6) is -0.257. The minimum Gasteiger partial charge on any atom is -0.508 e. The van der Waals surface area contributed by atoms with Crippen molar-refractivity contribution in [3.8, 4) is 16.9 Å². The number of phenolic OH excluding ortho intramolecular Hbond substituents is 1. The number of alkyl carbamates (subject to hydrolysis) is 1. The maximum Gasteiger partial charge on any atom is 0.407 e. The Morgan fingerprint density at radius 2 is 1.53 bits per heavy atom. The molecule has 0 spiro atoms. The normalized spacial score (nSPS) is 13.1. The SMILES string of the molecule is O=C(NC(CSCc1ccc(O)cc1)C(=O)O)OCC1c2ccccc2-c2ccccc21. The standard InChI is InChI=1S/C25H23NO5S/c27-17-11-9-16(10-12-17)14-32-15-23(24(28)29)26-25(30)31-13-22-20-7-3-1-5-18(20)19-6-2-4-8-21(19)22/h1-12,22-23,27H,13-15H2,(H,26,30)(H,28,29). The minimum absolute atomic E-state index is 0.0831. The van der Waals surface area contributed by atoms with E-state index in [9.17, 15) is 19.8 Å². The first-order valence-electron chi connectivity index (χ1n) is 10.2. The second-order valence-electron chi connectivity index (χ2n) is 7.54. The molecule has 0 fully saturated rings. The summed E-state index contributed by atoms with van der Waals surface area (Å²) in [5, 5.41) is 21.3. The molecule has 3 N–H and O–H groups in total. The largest absolute Gasteiger partial charge is 0.508 e. The van der Waals surface area contributed by atoms with Crippen LogP contribution in [0.15, 0.2) is 72.8 Å². The number of thioether (sulfide) groups is 1. The highest BCUT2D eigenvalue weighted by atomic mass is 32.2. The minimum atomic E-state index is -1.11. The molecule has 0 aromatic heterocycles. The summed E-state index contributed by atoms with van der Waals surface area (Å²) < 4.78 is 5.45. The van der Waals surface area contributed by atoms with Gasteiger partial charge in [0.05, 0.1) is 0 Å². The van der Waals surface area contributed by atoms with Crippen LogP contribution < -0.4 is 5.32 Å². The third kappa shape index (κ3) is 4.89. The summed E-state index contributed by atoms with van der Waals surface area (Å²) in [6.07, 6.45) is -0.746. The topological polar surface area (TPSA) is 95.9 Å². The van der Waals surface area contributed by atoms with Crippen molar-refractivity contribution < 1.29 is 24.5 Å². The zero-order chi connectivity index (χ0) is 22.5. The van der Waals surface area contributed by atoms with Crippen LogP contribution in [0.25, 0.3) is 11.1 Å². The molecule has 1 amide bonds. The number of ether oxygens (including phenoxy) is 1. The van der Waals surface area contributed by atoms with Gasteiger partial charge in [-0.3, -0.25) is 0 Å². The molecule has 1 aliphatic carbocycles. The van der Waals surface area contributed by atoms with Crippen LogP contribution >= 0.6 is 11.8 Å². The fourth-order valence-electron chi connectivity index (χ4n) is 3.84. The maximum atomic E-state index is 12.4. The van der Waals surface area contributed by atoms with E-state index in [1.807, 2.05) is 36.4 Å². The molecule has 1 aliphatic rings. The maximum absolute atomic E-state index is 12.4. The van der Waals surface area contributed by atoms with Gasteiger partial charge < -0.3 is 20.3 Å². The molecule has 164 valence electrons. The summed E-state index contributed by atoms with van der Waals surface area (Å²) in [5.41, 5.74) is 5.41. The first kappa shape index (κ1) is 21.8. The second kappa shape index (κ2) is 9.78. The molecule has 0 heterocycles. The van der Waals surface area contributed by atoms with Crippen LogP contribution in [0.2, 0.25) is 0 Å². The van der Waals surface area contributed by atoms with Gasteiger partial charge in [0.2, 0.25) is 0 Å². The van der Waals surface area contributed by atoms with E-state index in [2.05, 4.69) is 17.4 Å². The lowest BCUT2D eigenvalue weighted by Crippen LogP contribution is -2.43. The van der Waals surface area contributed by atoms with Gasteiger partial charge in [0.15, 0.2) is 0 Å². The van der Waals surface area contributed by atoms with Gasteiger partial charge in [0.1, 0.15) is 18.4 Å². The van der Waals surface area contributed by atoms with E-state index in [0.717, 1.165) is 27.8 Å². The zero-order valence-corrected chi connectivity index (χ0v) is 18.0. The number of amides is 1. The quantitative estimate of drug-likeness (QED) is 0.465. The average Bonchev–Trinajstić information content (AvgIpc) is 3.12. The van der Waals surface area contributed by atoms with E-state index < -0.39 is 18.1 Å². The van der Waals surface area contributed by atoms with Crippen molar-refractivity contribution in [2.24, 2.45) is 0 Å². The van der Waals surface area contributed by atoms with Crippen LogP contribution in [-0.4, -0.2) is 40.7 Å². The fraction of sp³-hybridized carbons (Fsp3) is 0.200. The predicted octanol–water partition coefficient (Wildman–Crippen LogP) is 4.62. The number of hydrogen-bond donors (Lipinski definition) is 3. The summed E-state index contributed by atoms with van der Waals surface area (Å²) >= 11 is 1.38. The lowest BCUT2D eigenvalue weighted by molar-refractivity contribution is -0.138. The van der Waals surface area contributed by atoms with Gasteiger partial charge in [-0.2, -0.15) is 11.8 Å². The van der Waals surface area contributed by atoms with Crippen molar-refractivity contribution in [1.29, 1.82) is 0 Å². The van der Waals surface area contributed by atoms with Crippen LogP contribution in [0.1, 0.15) is 22.6 Å². The Morgan fingerprint density at radius 3 is 2.12 bits per heavy atom. The Labute approximate surface area is 190 Å². The number of phenols is 1. The highest BCUT2D eigenvalue weighted by Gasteiger charge is 2.29. The summed E-state index contributed by atoms with van der Waals surface area (Å²) in [6.45, 7) is 0.132. The molecule has 0 aliphatic heterocycles. The van der Waals surface area contributed by atoms with Crippen molar-refractivity contribution >= 4 is 23.8 Å². The number of nitrogens with one attached hydrogen (secondary N) is 1. The Bertz CT molecular complexity index is 1070. The Morgan fingerprint density at radius 1 is 0.938 bits per heavy atom. The van der Waals surface area contributed by atoms with E-state index in [0.29, 0.717) is 5.75 Å². The van der Waals surface area contributed by atoms with E-state index in [4.69, 9.17) is 4.74 Å². The number of carbonyl (C=O) groups is 2. The molecule has 3 aromatic rings. The Hall–Kier alpha value is -3.45. The highest BCUT2D eigenvalue weighted by molar-refractivity contribution is 7.98. The molecule has 4 rings (SSSR count). The van der Waals surface area contributed by atoms with Crippen LogP contribution in [0.3, 0.4) is 0 Å². The second-order valence-corrected chi connectivity index (χ2v) is 8.57. The van der Waals surface area contributed by atoms with Crippen LogP contribution in [0, 0.1) is 0 Å². The zero-order valence-electron chi connectivity index (χ0n) is 17.2. The monoisotopic (exact) mass is 449 g/mol. The van der Waals surface area contributed by atoms with Gasteiger partial charge in [-0.1, -0.05) is 60.7 Å². The predicted molar refractivity (Wildman–Crippen MR) is 124 cm³/mol. The number of fused-ring (bicyclic) bond motifs is 3. The molecule has 0 radical (unpaired) electrons. The third-order valence-electron chi connectivity index (χ3n) is 5.42. The van der Waals surface area contributed by atoms with E-state index >= 15 is 0 Å². The van der Waals surface area contributed by atoms with Crippen molar-refractivity contribution in [2.75, 3.05) is 12.4 Å². The lowest BCUT2D eigenvalue weighted by atomic mass is 9.98. The number of aliphatic carboxylic acids is 1. The van der Waals surface area contributed by atoms with Gasteiger partial charge in [-0.05, 0) is 39.9 Å². The molecular formula is C25H23NO5S. The van der Waals surface area contributed by atoms with Gasteiger partial charge in [-0.25, -0.2) is 9.59 Å². The van der Waals surface area contributed by atoms with Gasteiger partial charge in [0, 0.05) is 17.4 Å². The number of rotatable bonds is 8. The number of carbonyl (C=O) groups excluding carboxylic acids is 1. The highest BCUT2D eigenvalue weighted by Crippen LogP contribution is 2.44. The molecule has 7 heteroatoms. The number of carboxylic acid groups (broad SMARTS) is 1. The molecule has 3 aromatic carbocycles. The van der Waals surface area contributed by atoms with Crippen molar-refractivity contribution in [3.63, 3.8) is 0 Å². The fourth-order valence-corrected chi connectivity index (χ4v) is 4.85. The first-order chi connectivity index (χ1) is 15.5. The number of aromatic hydroxyl groups is 1. The van der Waals surface area contributed by atoms with Crippen molar-refractivity contribution in [2.45, 2.75) is 17.7 Å². The van der Waals surface area contributed by atoms with Crippen molar-refractivity contribution in [3.05, 3.63) is 89.5 Å². The third-order valence-corrected chi connectivity index (χ3v) is 6.53. The van der Waals surface area contributed by atoms with Gasteiger partial charge in [0.25, 0.3) is 0 Å². The molecule has 0 saturated carbocycles. The van der Waals surface area contributed by atoms with Crippen LogP contribution in [0.5, 0.6) is 5.75 Å². The smallest absolute Gasteiger partial charge is 0.407 e. The lowest BCUT2D eigenvalue weighted by Gasteiger charge is -2.17. The van der Waals surface area contributed by atoms with Gasteiger partial charge >= 0.3 is 12.1 Å². The Balaban J connectivity index is 1.33. The molecule has 0 bridgehead atoms. The van der Waals surface area contributed by atoms with Crippen LogP contribution in [0.4, 0.5) is 4.79 Å². The molecule has 0 saturated heterocycles. The molecule has 1 atom stereocenters. The van der Waals surface area contributed by atoms with E-state index in [1.165, 1.54) is 11.8 Å². The van der Waals surface area contributed by atoms with E-state index in [1.54, 1.807) is 24.3 Å². The average molecular weight is 450 g/mol.